The van der Waals surface area contributed by atoms with Crippen LogP contribution in [0.1, 0.15) is 48.9 Å². The molecule has 1 fully saturated rings. The first-order valence-corrected chi connectivity index (χ1v) is 9.98. The van der Waals surface area contributed by atoms with Crippen LogP contribution in [0.4, 0.5) is 11.4 Å². The van der Waals surface area contributed by atoms with Crippen LogP contribution in [0.15, 0.2) is 42.5 Å². The van der Waals surface area contributed by atoms with Crippen molar-refractivity contribution >= 4 is 34.8 Å². The number of nitrogens with one attached hydrogen (secondary N) is 2. The Bertz CT molecular complexity index is 830. The van der Waals surface area contributed by atoms with Gasteiger partial charge in [-0.1, -0.05) is 37.3 Å². The number of methoxy groups -OCH3 is 1. The number of amides is 2. The van der Waals surface area contributed by atoms with Gasteiger partial charge in [-0.2, -0.15) is 0 Å². The fraction of sp³-hybridized carbons (Fsp3) is 0.364. The van der Waals surface area contributed by atoms with Crippen LogP contribution in [0.5, 0.6) is 5.75 Å². The Morgan fingerprint density at radius 2 is 1.79 bits per heavy atom. The molecule has 0 bridgehead atoms. The molecule has 2 aromatic carbocycles. The van der Waals surface area contributed by atoms with Crippen LogP contribution >= 0.6 is 11.6 Å². The van der Waals surface area contributed by atoms with E-state index in [1.54, 1.807) is 49.6 Å². The summed E-state index contributed by atoms with van der Waals surface area (Å²) in [6.45, 7) is 0. The zero-order valence-corrected chi connectivity index (χ0v) is 16.7. The van der Waals surface area contributed by atoms with Crippen LogP contribution < -0.4 is 15.4 Å². The molecule has 28 heavy (non-hydrogen) atoms. The molecule has 5 nitrogen and oxygen atoms in total. The zero-order chi connectivity index (χ0) is 19.9. The number of benzene rings is 2. The van der Waals surface area contributed by atoms with E-state index in [1.165, 1.54) is 25.7 Å². The van der Waals surface area contributed by atoms with Gasteiger partial charge in [-0.25, -0.2) is 0 Å². The molecule has 0 atom stereocenters. The van der Waals surface area contributed by atoms with Crippen molar-refractivity contribution in [3.63, 3.8) is 0 Å². The molecule has 1 aliphatic carbocycles. The van der Waals surface area contributed by atoms with Gasteiger partial charge in [-0.3, -0.25) is 9.59 Å². The summed E-state index contributed by atoms with van der Waals surface area (Å²) >= 11 is 6.21. The van der Waals surface area contributed by atoms with E-state index in [2.05, 4.69) is 10.6 Å². The van der Waals surface area contributed by atoms with Gasteiger partial charge in [0.15, 0.2) is 0 Å². The van der Waals surface area contributed by atoms with Gasteiger partial charge in [0.05, 0.1) is 17.8 Å². The van der Waals surface area contributed by atoms with Crippen molar-refractivity contribution in [2.24, 2.45) is 5.92 Å². The maximum absolute atomic E-state index is 12.5. The average Bonchev–Trinajstić information content (AvgIpc) is 3.22. The molecule has 2 N–H and O–H groups in total. The minimum absolute atomic E-state index is 0.0680. The molecule has 2 amide bonds. The lowest BCUT2D eigenvalue weighted by Gasteiger charge is -2.12. The third-order valence-electron chi connectivity index (χ3n) is 5.10. The van der Waals surface area contributed by atoms with Crippen molar-refractivity contribution in [2.45, 2.75) is 38.5 Å². The maximum atomic E-state index is 12.5. The van der Waals surface area contributed by atoms with Crippen molar-refractivity contribution in [3.8, 4) is 5.75 Å². The van der Waals surface area contributed by atoms with E-state index >= 15 is 0 Å². The van der Waals surface area contributed by atoms with Crippen LogP contribution in [0.2, 0.25) is 5.02 Å². The molecular formula is C22H25ClN2O3. The van der Waals surface area contributed by atoms with Crippen LogP contribution in [-0.2, 0) is 4.79 Å². The number of hydrogen-bond acceptors (Lipinski definition) is 3. The summed E-state index contributed by atoms with van der Waals surface area (Å²) in [5, 5.41) is 6.07. The summed E-state index contributed by atoms with van der Waals surface area (Å²) in [4.78, 5) is 24.8. The molecule has 148 valence electrons. The number of hydrogen-bond donors (Lipinski definition) is 2. The van der Waals surface area contributed by atoms with Gasteiger partial charge in [0.2, 0.25) is 5.91 Å². The fourth-order valence-electron chi connectivity index (χ4n) is 3.49. The quantitative estimate of drug-likeness (QED) is 0.643. The third kappa shape index (κ3) is 5.49. The lowest BCUT2D eigenvalue weighted by Crippen LogP contribution is -2.15. The smallest absolute Gasteiger partial charge is 0.255 e. The predicted octanol–water partition coefficient (Wildman–Crippen LogP) is 5.51. The highest BCUT2D eigenvalue weighted by Gasteiger charge is 2.17. The van der Waals surface area contributed by atoms with E-state index in [0.29, 0.717) is 40.0 Å². The van der Waals surface area contributed by atoms with Gasteiger partial charge in [0.1, 0.15) is 5.75 Å². The number of anilines is 2. The molecule has 2 aromatic rings. The van der Waals surface area contributed by atoms with Gasteiger partial charge in [-0.05, 0) is 54.8 Å². The summed E-state index contributed by atoms with van der Waals surface area (Å²) in [7, 11) is 1.59. The normalized spacial score (nSPS) is 13.9. The summed E-state index contributed by atoms with van der Waals surface area (Å²) in [6.07, 6.45) is 6.35. The molecule has 0 unspecified atom stereocenters. The van der Waals surface area contributed by atoms with Gasteiger partial charge >= 0.3 is 0 Å². The van der Waals surface area contributed by atoms with Crippen LogP contribution in [0, 0.1) is 5.92 Å². The van der Waals surface area contributed by atoms with Gasteiger partial charge in [0.25, 0.3) is 5.91 Å². The molecule has 6 heteroatoms. The third-order valence-corrected chi connectivity index (χ3v) is 5.43. The van der Waals surface area contributed by atoms with Crippen LogP contribution in [0.25, 0.3) is 0 Å². The molecular weight excluding hydrogens is 376 g/mol. The van der Waals surface area contributed by atoms with Crippen molar-refractivity contribution in [1.82, 2.24) is 0 Å². The van der Waals surface area contributed by atoms with Crippen molar-refractivity contribution in [3.05, 3.63) is 53.1 Å². The summed E-state index contributed by atoms with van der Waals surface area (Å²) < 4.78 is 5.11. The number of carbonyl (C=O) groups is 2. The number of ether oxygens (including phenoxy) is 1. The minimum Gasteiger partial charge on any atom is -0.497 e. The molecule has 1 saturated carbocycles. The molecule has 0 aromatic heterocycles. The number of halogens is 1. The SMILES string of the molecule is COc1ccc(NC(=O)c2ccc(Cl)c(NC(=O)CCC3CCCC3)c2)cc1. The molecule has 3 rings (SSSR count). The lowest BCUT2D eigenvalue weighted by atomic mass is 10.0. The van der Waals surface area contributed by atoms with Gasteiger partial charge in [-0.15, -0.1) is 0 Å². The van der Waals surface area contributed by atoms with E-state index < -0.39 is 0 Å². The Labute approximate surface area is 170 Å². The Balaban J connectivity index is 1.60. The maximum Gasteiger partial charge on any atom is 0.255 e. The highest BCUT2D eigenvalue weighted by atomic mass is 35.5. The Morgan fingerprint density at radius 3 is 2.46 bits per heavy atom. The molecule has 0 heterocycles. The predicted molar refractivity (Wildman–Crippen MR) is 112 cm³/mol. The lowest BCUT2D eigenvalue weighted by molar-refractivity contribution is -0.116. The fourth-order valence-corrected chi connectivity index (χ4v) is 3.65. The Kier molecular flexibility index (Phi) is 6.93. The standard InChI is InChI=1S/C22H25ClN2O3/c1-28-18-10-8-17(9-11-18)24-22(27)16-7-12-19(23)20(14-16)25-21(26)13-6-15-4-2-3-5-15/h7-12,14-15H,2-6,13H2,1H3,(H,24,27)(H,25,26). The summed E-state index contributed by atoms with van der Waals surface area (Å²) in [5.41, 5.74) is 1.54. The molecule has 1 aliphatic rings. The second-order valence-corrected chi connectivity index (χ2v) is 7.52. The second kappa shape index (κ2) is 9.60. The van der Waals surface area contributed by atoms with E-state index in [9.17, 15) is 9.59 Å². The number of carbonyl (C=O) groups excluding carboxylic acids is 2. The zero-order valence-electron chi connectivity index (χ0n) is 16.0. The largest absolute Gasteiger partial charge is 0.497 e. The molecule has 0 radical (unpaired) electrons. The first kappa shape index (κ1) is 20.2. The van der Waals surface area contributed by atoms with E-state index in [0.717, 1.165) is 6.42 Å². The molecule has 0 spiro atoms. The van der Waals surface area contributed by atoms with Crippen LogP contribution in [-0.4, -0.2) is 18.9 Å². The van der Waals surface area contributed by atoms with E-state index in [1.807, 2.05) is 0 Å². The number of rotatable bonds is 7. The van der Waals surface area contributed by atoms with Crippen molar-refractivity contribution in [1.29, 1.82) is 0 Å². The Morgan fingerprint density at radius 1 is 1.07 bits per heavy atom. The van der Waals surface area contributed by atoms with Gasteiger partial charge < -0.3 is 15.4 Å². The van der Waals surface area contributed by atoms with E-state index in [-0.39, 0.29) is 11.8 Å². The van der Waals surface area contributed by atoms with Crippen molar-refractivity contribution < 1.29 is 14.3 Å². The topological polar surface area (TPSA) is 67.4 Å². The monoisotopic (exact) mass is 400 g/mol. The molecule has 0 saturated heterocycles. The molecule has 0 aliphatic heterocycles. The summed E-state index contributed by atoms with van der Waals surface area (Å²) in [5.74, 6) is 1.03. The first-order valence-electron chi connectivity index (χ1n) is 9.60. The van der Waals surface area contributed by atoms with Gasteiger partial charge in [0, 0.05) is 17.7 Å². The highest BCUT2D eigenvalue weighted by molar-refractivity contribution is 6.34. The first-order chi connectivity index (χ1) is 13.5. The Hall–Kier alpha value is -2.53. The summed E-state index contributed by atoms with van der Waals surface area (Å²) in [6, 6.07) is 11.9. The second-order valence-electron chi connectivity index (χ2n) is 7.11. The van der Waals surface area contributed by atoms with Crippen molar-refractivity contribution in [2.75, 3.05) is 17.7 Å². The van der Waals surface area contributed by atoms with Crippen LogP contribution in [0.3, 0.4) is 0 Å². The minimum atomic E-state index is -0.275. The highest BCUT2D eigenvalue weighted by Crippen LogP contribution is 2.29. The van der Waals surface area contributed by atoms with E-state index in [4.69, 9.17) is 16.3 Å². The average molecular weight is 401 g/mol.